The third kappa shape index (κ3) is 4.24. The first-order chi connectivity index (χ1) is 6.83. The number of rotatable bonds is 1. The van der Waals surface area contributed by atoms with Crippen molar-refractivity contribution in [3.63, 3.8) is 0 Å². The van der Waals surface area contributed by atoms with Gasteiger partial charge in [-0.15, -0.1) is 0 Å². The molecule has 0 unspecified atom stereocenters. The Morgan fingerprint density at radius 1 is 1.20 bits per heavy atom. The van der Waals surface area contributed by atoms with Gasteiger partial charge in [0.2, 0.25) is 0 Å². The van der Waals surface area contributed by atoms with E-state index < -0.39 is 0 Å². The average Bonchev–Trinajstić information content (AvgIpc) is 1.99. The Labute approximate surface area is 94.0 Å². The van der Waals surface area contributed by atoms with Crippen LogP contribution in [-0.4, -0.2) is 36.7 Å². The molecule has 1 rings (SSSR count). The van der Waals surface area contributed by atoms with Crippen LogP contribution < -0.4 is 0 Å². The predicted molar refractivity (Wildman–Crippen MR) is 63.8 cm³/mol. The molecule has 0 aliphatic carbocycles. The van der Waals surface area contributed by atoms with Crippen LogP contribution in [0.25, 0.3) is 0 Å². The van der Waals surface area contributed by atoms with Gasteiger partial charge in [0, 0.05) is 0 Å². The quantitative estimate of drug-likeness (QED) is 0.614. The van der Waals surface area contributed by atoms with E-state index in [0.29, 0.717) is 0 Å². The Bertz CT molecular complexity index is 272. The largest absolute Gasteiger partial charge is 0.357 e. The summed E-state index contributed by atoms with van der Waals surface area (Å²) in [7, 11) is 4.06. The summed E-state index contributed by atoms with van der Waals surface area (Å²) < 4.78 is 6.05. The summed E-state index contributed by atoms with van der Waals surface area (Å²) in [6, 6.07) is 0. The summed E-state index contributed by atoms with van der Waals surface area (Å²) in [5, 5.41) is 0. The van der Waals surface area contributed by atoms with Crippen molar-refractivity contribution in [1.82, 2.24) is 4.90 Å². The lowest BCUT2D eigenvalue weighted by Gasteiger charge is -2.40. The van der Waals surface area contributed by atoms with Crippen molar-refractivity contribution in [3.8, 4) is 11.8 Å². The van der Waals surface area contributed by atoms with Gasteiger partial charge in [0.1, 0.15) is 5.60 Å². The Morgan fingerprint density at radius 2 is 1.87 bits per heavy atom. The Kier molecular flexibility index (Phi) is 3.81. The fourth-order valence-electron chi connectivity index (χ4n) is 2.04. The highest BCUT2D eigenvalue weighted by molar-refractivity contribution is 5.15. The molecule has 0 radical (unpaired) electrons. The van der Waals surface area contributed by atoms with Gasteiger partial charge in [0.25, 0.3) is 0 Å². The minimum atomic E-state index is -0.238. The van der Waals surface area contributed by atoms with Gasteiger partial charge in [-0.3, -0.25) is 4.90 Å². The lowest BCUT2D eigenvalue weighted by molar-refractivity contribution is -0.135. The minimum absolute atomic E-state index is 0.0141. The molecule has 0 aromatic carbocycles. The average molecular weight is 209 g/mol. The van der Waals surface area contributed by atoms with Crippen LogP contribution in [0.2, 0.25) is 0 Å². The first-order valence-corrected chi connectivity index (χ1v) is 5.68. The van der Waals surface area contributed by atoms with Crippen LogP contribution in [0.15, 0.2) is 0 Å². The number of hydrogen-bond donors (Lipinski definition) is 0. The summed E-state index contributed by atoms with van der Waals surface area (Å²) in [5.41, 5.74) is -0.252. The first-order valence-electron chi connectivity index (χ1n) is 5.68. The van der Waals surface area contributed by atoms with Gasteiger partial charge in [0.15, 0.2) is 0 Å². The van der Waals surface area contributed by atoms with Crippen molar-refractivity contribution in [2.45, 2.75) is 51.2 Å². The molecule has 1 aliphatic heterocycles. The van der Waals surface area contributed by atoms with Gasteiger partial charge < -0.3 is 4.74 Å². The molecule has 2 nitrogen and oxygen atoms in total. The number of hydrogen-bond acceptors (Lipinski definition) is 2. The zero-order valence-electron chi connectivity index (χ0n) is 10.7. The number of nitrogens with zero attached hydrogens (tertiary/aromatic N) is 1. The molecular weight excluding hydrogens is 186 g/mol. The molecule has 15 heavy (non-hydrogen) atoms. The van der Waals surface area contributed by atoms with Crippen molar-refractivity contribution < 1.29 is 4.74 Å². The molecular formula is C13H23NO. The van der Waals surface area contributed by atoms with Crippen molar-refractivity contribution in [2.24, 2.45) is 0 Å². The maximum Gasteiger partial charge on any atom is 0.126 e. The van der Waals surface area contributed by atoms with E-state index in [4.69, 9.17) is 4.74 Å². The Hall–Kier alpha value is -0.520. The summed E-state index contributed by atoms with van der Waals surface area (Å²) >= 11 is 0. The van der Waals surface area contributed by atoms with Crippen molar-refractivity contribution >= 4 is 0 Å². The monoisotopic (exact) mass is 209 g/mol. The van der Waals surface area contributed by atoms with E-state index in [-0.39, 0.29) is 11.2 Å². The second-order valence-electron chi connectivity index (χ2n) is 5.49. The molecule has 0 spiro atoms. The molecule has 0 N–H and O–H groups in total. The number of ether oxygens (including phenoxy) is 1. The second kappa shape index (κ2) is 4.55. The molecule has 1 heterocycles. The van der Waals surface area contributed by atoms with E-state index in [2.05, 4.69) is 37.5 Å². The van der Waals surface area contributed by atoms with E-state index in [1.165, 1.54) is 6.42 Å². The van der Waals surface area contributed by atoms with Gasteiger partial charge in [-0.1, -0.05) is 11.8 Å². The van der Waals surface area contributed by atoms with Crippen LogP contribution in [0, 0.1) is 11.8 Å². The topological polar surface area (TPSA) is 12.5 Å². The van der Waals surface area contributed by atoms with E-state index in [0.717, 1.165) is 19.4 Å². The van der Waals surface area contributed by atoms with Crippen LogP contribution in [0.5, 0.6) is 0 Å². The van der Waals surface area contributed by atoms with Crippen LogP contribution in [-0.2, 0) is 4.74 Å². The van der Waals surface area contributed by atoms with E-state index >= 15 is 0 Å². The lowest BCUT2D eigenvalue weighted by Crippen LogP contribution is -2.42. The second-order valence-corrected chi connectivity index (χ2v) is 5.49. The maximum atomic E-state index is 6.05. The van der Waals surface area contributed by atoms with E-state index in [9.17, 15) is 0 Å². The first kappa shape index (κ1) is 12.5. The molecule has 0 aromatic rings. The summed E-state index contributed by atoms with van der Waals surface area (Å²) in [6.45, 7) is 7.21. The SMILES string of the molecule is CN(C)CC#C[C@]1(C)CCCC(C)(C)O1. The third-order valence-electron chi connectivity index (χ3n) is 2.68. The molecule has 0 saturated carbocycles. The Morgan fingerprint density at radius 3 is 2.40 bits per heavy atom. The molecule has 1 saturated heterocycles. The van der Waals surface area contributed by atoms with Crippen molar-refractivity contribution in [2.75, 3.05) is 20.6 Å². The van der Waals surface area contributed by atoms with Crippen LogP contribution in [0.1, 0.15) is 40.0 Å². The fraction of sp³-hybridized carbons (Fsp3) is 0.846. The highest BCUT2D eigenvalue weighted by Crippen LogP contribution is 2.34. The summed E-state index contributed by atoms with van der Waals surface area (Å²) in [6.07, 6.45) is 3.40. The fourth-order valence-corrected chi connectivity index (χ4v) is 2.04. The van der Waals surface area contributed by atoms with Crippen LogP contribution in [0.3, 0.4) is 0 Å². The van der Waals surface area contributed by atoms with Gasteiger partial charge in [-0.2, -0.15) is 0 Å². The minimum Gasteiger partial charge on any atom is -0.357 e. The molecule has 0 bridgehead atoms. The third-order valence-corrected chi connectivity index (χ3v) is 2.68. The summed E-state index contributed by atoms with van der Waals surface area (Å²) in [5.74, 6) is 6.45. The lowest BCUT2D eigenvalue weighted by atomic mass is 9.88. The van der Waals surface area contributed by atoms with Crippen molar-refractivity contribution in [3.05, 3.63) is 0 Å². The molecule has 1 fully saturated rings. The van der Waals surface area contributed by atoms with Crippen molar-refractivity contribution in [1.29, 1.82) is 0 Å². The maximum absolute atomic E-state index is 6.05. The van der Waals surface area contributed by atoms with Gasteiger partial charge in [0.05, 0.1) is 12.1 Å². The Balaban J connectivity index is 2.60. The van der Waals surface area contributed by atoms with E-state index in [1.807, 2.05) is 14.1 Å². The zero-order valence-corrected chi connectivity index (χ0v) is 10.7. The predicted octanol–water partition coefficient (Wildman–Crippen LogP) is 2.29. The molecule has 1 aliphatic rings. The molecule has 0 amide bonds. The van der Waals surface area contributed by atoms with Crippen LogP contribution in [0.4, 0.5) is 0 Å². The normalized spacial score (nSPS) is 29.7. The molecule has 86 valence electrons. The highest BCUT2D eigenvalue weighted by atomic mass is 16.5. The summed E-state index contributed by atoms with van der Waals surface area (Å²) in [4.78, 5) is 2.07. The molecule has 1 atom stereocenters. The van der Waals surface area contributed by atoms with E-state index in [1.54, 1.807) is 0 Å². The van der Waals surface area contributed by atoms with Crippen LogP contribution >= 0.6 is 0 Å². The standard InChI is InChI=1S/C13H23NO/c1-12(2)8-6-9-13(3,15-12)10-7-11-14(4)5/h6,8-9,11H2,1-5H3/t13-/m0/s1. The van der Waals surface area contributed by atoms with Gasteiger partial charge >= 0.3 is 0 Å². The van der Waals surface area contributed by atoms with Gasteiger partial charge in [-0.25, -0.2) is 0 Å². The van der Waals surface area contributed by atoms with Gasteiger partial charge in [-0.05, 0) is 54.1 Å². The zero-order chi connectivity index (χ0) is 11.5. The molecule has 2 heteroatoms. The highest BCUT2D eigenvalue weighted by Gasteiger charge is 2.35. The smallest absolute Gasteiger partial charge is 0.126 e. The molecule has 0 aromatic heterocycles.